The molecule has 0 saturated carbocycles. The lowest BCUT2D eigenvalue weighted by atomic mass is 10.1. The molecule has 1 aromatic heterocycles. The van der Waals surface area contributed by atoms with Crippen LogP contribution in [0.1, 0.15) is 12.2 Å². The van der Waals surface area contributed by atoms with E-state index < -0.39 is 6.55 Å². The number of nitrogens with one attached hydrogen (secondary N) is 2. The molecule has 1 fully saturated rings. The average Bonchev–Trinajstić information content (AvgIpc) is 2.89. The highest BCUT2D eigenvalue weighted by Crippen LogP contribution is 2.09. The van der Waals surface area contributed by atoms with Crippen molar-refractivity contribution in [3.63, 3.8) is 0 Å². The third-order valence-electron chi connectivity index (χ3n) is 2.88. The molecule has 5 nitrogen and oxygen atoms in total. The SMILES string of the molecule is Cl.OC1CNCC1CNCc1ccn(C(F)F)n1. The molecule has 0 radical (unpaired) electrons. The molecule has 0 aliphatic carbocycles. The number of halogens is 3. The first kappa shape index (κ1) is 15.3. The average molecular weight is 283 g/mol. The van der Waals surface area contributed by atoms with Gasteiger partial charge in [0.2, 0.25) is 0 Å². The number of β-amino-alcohol motifs (C(OH)–C–C–N with tert-alkyl or cyclic N) is 1. The summed E-state index contributed by atoms with van der Waals surface area (Å²) in [6, 6.07) is 1.56. The molecule has 0 spiro atoms. The molecule has 1 aromatic rings. The van der Waals surface area contributed by atoms with Crippen LogP contribution in [-0.2, 0) is 6.54 Å². The number of nitrogens with zero attached hydrogens (tertiary/aromatic N) is 2. The molecule has 2 rings (SSSR count). The molecule has 104 valence electrons. The summed E-state index contributed by atoms with van der Waals surface area (Å²) >= 11 is 0. The lowest BCUT2D eigenvalue weighted by Crippen LogP contribution is -2.30. The summed E-state index contributed by atoms with van der Waals surface area (Å²) in [5.41, 5.74) is 0.575. The smallest absolute Gasteiger partial charge is 0.333 e. The molecule has 8 heteroatoms. The quantitative estimate of drug-likeness (QED) is 0.730. The van der Waals surface area contributed by atoms with E-state index in [2.05, 4.69) is 15.7 Å². The van der Waals surface area contributed by atoms with E-state index in [-0.39, 0.29) is 24.4 Å². The molecular weight excluding hydrogens is 266 g/mol. The topological polar surface area (TPSA) is 62.1 Å². The summed E-state index contributed by atoms with van der Waals surface area (Å²) in [7, 11) is 0. The van der Waals surface area contributed by atoms with Crippen LogP contribution >= 0.6 is 12.4 Å². The van der Waals surface area contributed by atoms with E-state index in [1.54, 1.807) is 6.07 Å². The number of rotatable bonds is 5. The van der Waals surface area contributed by atoms with Crippen LogP contribution in [0.2, 0.25) is 0 Å². The van der Waals surface area contributed by atoms with Gasteiger partial charge in [-0.3, -0.25) is 0 Å². The Kier molecular flexibility index (Phi) is 5.94. The first-order valence-electron chi connectivity index (χ1n) is 5.58. The van der Waals surface area contributed by atoms with Crippen molar-refractivity contribution in [2.75, 3.05) is 19.6 Å². The Morgan fingerprint density at radius 2 is 2.33 bits per heavy atom. The summed E-state index contributed by atoms with van der Waals surface area (Å²) < 4.78 is 25.1. The fourth-order valence-electron chi connectivity index (χ4n) is 1.89. The monoisotopic (exact) mass is 282 g/mol. The van der Waals surface area contributed by atoms with Crippen LogP contribution in [0.5, 0.6) is 0 Å². The zero-order chi connectivity index (χ0) is 12.3. The minimum absolute atomic E-state index is 0. The molecule has 1 aliphatic heterocycles. The van der Waals surface area contributed by atoms with Gasteiger partial charge in [0.05, 0.1) is 11.8 Å². The highest BCUT2D eigenvalue weighted by molar-refractivity contribution is 5.85. The summed E-state index contributed by atoms with van der Waals surface area (Å²) in [5.74, 6) is 0.173. The predicted molar refractivity (Wildman–Crippen MR) is 64.8 cm³/mol. The molecule has 3 N–H and O–H groups in total. The van der Waals surface area contributed by atoms with Crippen molar-refractivity contribution in [1.82, 2.24) is 20.4 Å². The molecular formula is C10H17ClF2N4O. The Balaban J connectivity index is 0.00000162. The standard InChI is InChI=1S/C10H16F2N4O.ClH/c11-10(12)16-2-1-8(15-16)5-13-3-7-4-14-6-9(7)17;/h1-2,7,9-10,13-14,17H,3-6H2;1H. The van der Waals surface area contributed by atoms with E-state index in [1.807, 2.05) is 0 Å². The Hall–Kier alpha value is -0.760. The van der Waals surface area contributed by atoms with Gasteiger partial charge in [-0.1, -0.05) is 0 Å². The molecule has 2 atom stereocenters. The van der Waals surface area contributed by atoms with Crippen LogP contribution in [0.15, 0.2) is 12.3 Å². The zero-order valence-corrected chi connectivity index (χ0v) is 10.5. The van der Waals surface area contributed by atoms with Crippen LogP contribution in [0.4, 0.5) is 8.78 Å². The van der Waals surface area contributed by atoms with E-state index in [0.29, 0.717) is 30.0 Å². The second-order valence-corrected chi connectivity index (χ2v) is 4.18. The Bertz CT molecular complexity index is 363. The number of hydrogen-bond donors (Lipinski definition) is 3. The lowest BCUT2D eigenvalue weighted by molar-refractivity contribution is 0.0561. The van der Waals surface area contributed by atoms with E-state index in [0.717, 1.165) is 6.54 Å². The molecule has 1 saturated heterocycles. The van der Waals surface area contributed by atoms with E-state index >= 15 is 0 Å². The van der Waals surface area contributed by atoms with Gasteiger partial charge >= 0.3 is 6.55 Å². The van der Waals surface area contributed by atoms with Gasteiger partial charge < -0.3 is 15.7 Å². The van der Waals surface area contributed by atoms with Crippen LogP contribution in [-0.4, -0.2) is 40.6 Å². The van der Waals surface area contributed by atoms with Gasteiger partial charge in [-0.15, -0.1) is 12.4 Å². The van der Waals surface area contributed by atoms with Crippen molar-refractivity contribution in [2.24, 2.45) is 5.92 Å². The van der Waals surface area contributed by atoms with Gasteiger partial charge in [-0.05, 0) is 6.07 Å². The third kappa shape index (κ3) is 3.88. The Morgan fingerprint density at radius 3 is 2.89 bits per heavy atom. The second kappa shape index (κ2) is 6.98. The van der Waals surface area contributed by atoms with Crippen molar-refractivity contribution < 1.29 is 13.9 Å². The largest absolute Gasteiger partial charge is 0.391 e. The van der Waals surface area contributed by atoms with Crippen LogP contribution < -0.4 is 10.6 Å². The molecule has 2 heterocycles. The van der Waals surface area contributed by atoms with E-state index in [4.69, 9.17) is 0 Å². The maximum atomic E-state index is 12.2. The van der Waals surface area contributed by atoms with E-state index in [1.165, 1.54) is 6.20 Å². The minimum Gasteiger partial charge on any atom is -0.391 e. The number of aliphatic hydroxyl groups excluding tert-OH is 1. The van der Waals surface area contributed by atoms with Crippen LogP contribution in [0.25, 0.3) is 0 Å². The van der Waals surface area contributed by atoms with Crippen LogP contribution in [0.3, 0.4) is 0 Å². The highest BCUT2D eigenvalue weighted by atomic mass is 35.5. The van der Waals surface area contributed by atoms with Gasteiger partial charge in [0.15, 0.2) is 0 Å². The van der Waals surface area contributed by atoms with Gasteiger partial charge in [0.25, 0.3) is 0 Å². The Labute approximate surface area is 110 Å². The van der Waals surface area contributed by atoms with Crippen molar-refractivity contribution in [3.05, 3.63) is 18.0 Å². The summed E-state index contributed by atoms with van der Waals surface area (Å²) in [5, 5.41) is 19.4. The molecule has 0 bridgehead atoms. The number of hydrogen-bond acceptors (Lipinski definition) is 4. The van der Waals surface area contributed by atoms with Gasteiger partial charge in [-0.25, -0.2) is 4.68 Å². The number of aliphatic hydroxyl groups is 1. The fourth-order valence-corrected chi connectivity index (χ4v) is 1.89. The molecule has 0 aromatic carbocycles. The van der Waals surface area contributed by atoms with Gasteiger partial charge in [-0.2, -0.15) is 13.9 Å². The number of aromatic nitrogens is 2. The first-order chi connectivity index (χ1) is 8.16. The van der Waals surface area contributed by atoms with Crippen molar-refractivity contribution in [2.45, 2.75) is 19.2 Å². The molecule has 0 amide bonds. The second-order valence-electron chi connectivity index (χ2n) is 4.18. The zero-order valence-electron chi connectivity index (χ0n) is 9.72. The van der Waals surface area contributed by atoms with Crippen molar-refractivity contribution in [1.29, 1.82) is 0 Å². The van der Waals surface area contributed by atoms with Crippen molar-refractivity contribution in [3.8, 4) is 0 Å². The van der Waals surface area contributed by atoms with E-state index in [9.17, 15) is 13.9 Å². The normalized spacial score (nSPS) is 23.3. The maximum Gasteiger partial charge on any atom is 0.333 e. The molecule has 2 unspecified atom stereocenters. The summed E-state index contributed by atoms with van der Waals surface area (Å²) in [6.07, 6.45) is 0.925. The number of alkyl halides is 2. The Morgan fingerprint density at radius 1 is 1.56 bits per heavy atom. The summed E-state index contributed by atoms with van der Waals surface area (Å²) in [4.78, 5) is 0. The third-order valence-corrected chi connectivity index (χ3v) is 2.88. The lowest BCUT2D eigenvalue weighted by Gasteiger charge is -2.13. The van der Waals surface area contributed by atoms with Gasteiger partial charge in [0, 0.05) is 38.3 Å². The predicted octanol–water partition coefficient (Wildman–Crippen LogP) is 0.370. The highest BCUT2D eigenvalue weighted by Gasteiger charge is 2.24. The first-order valence-corrected chi connectivity index (χ1v) is 5.58. The molecule has 18 heavy (non-hydrogen) atoms. The van der Waals surface area contributed by atoms with Crippen molar-refractivity contribution >= 4 is 12.4 Å². The van der Waals surface area contributed by atoms with Gasteiger partial charge in [0.1, 0.15) is 0 Å². The van der Waals surface area contributed by atoms with Crippen LogP contribution in [0, 0.1) is 5.92 Å². The fraction of sp³-hybridized carbons (Fsp3) is 0.700. The minimum atomic E-state index is -2.59. The maximum absolute atomic E-state index is 12.2. The summed E-state index contributed by atoms with van der Waals surface area (Å²) in [6.45, 7) is -0.116. The molecule has 1 aliphatic rings.